The van der Waals surface area contributed by atoms with Crippen molar-refractivity contribution in [2.75, 3.05) is 13.7 Å². The SMILES string of the molecule is COc1cnc(F)c(CCN)c1. The van der Waals surface area contributed by atoms with E-state index >= 15 is 0 Å². The van der Waals surface area contributed by atoms with Crippen molar-refractivity contribution >= 4 is 0 Å². The van der Waals surface area contributed by atoms with E-state index in [4.69, 9.17) is 10.5 Å². The van der Waals surface area contributed by atoms with E-state index in [1.54, 1.807) is 6.07 Å². The third kappa shape index (κ3) is 1.92. The first-order valence-corrected chi connectivity index (χ1v) is 3.66. The van der Waals surface area contributed by atoms with E-state index < -0.39 is 5.95 Å². The Morgan fingerprint density at radius 2 is 2.42 bits per heavy atom. The molecule has 2 N–H and O–H groups in total. The van der Waals surface area contributed by atoms with Gasteiger partial charge in [0, 0.05) is 5.56 Å². The second-order valence-electron chi connectivity index (χ2n) is 2.36. The number of hydrogen-bond acceptors (Lipinski definition) is 3. The van der Waals surface area contributed by atoms with E-state index in [0.717, 1.165) is 0 Å². The molecule has 0 aliphatic heterocycles. The zero-order chi connectivity index (χ0) is 8.97. The largest absolute Gasteiger partial charge is 0.495 e. The summed E-state index contributed by atoms with van der Waals surface area (Å²) in [7, 11) is 1.52. The Morgan fingerprint density at radius 1 is 1.67 bits per heavy atom. The molecule has 0 atom stereocenters. The predicted octanol–water partition coefficient (Wildman–Crippen LogP) is 0.731. The molecule has 66 valence electrons. The number of aromatic nitrogens is 1. The highest BCUT2D eigenvalue weighted by molar-refractivity contribution is 5.24. The molecule has 4 heteroatoms. The number of ether oxygens (including phenoxy) is 1. The number of nitrogens with two attached hydrogens (primary N) is 1. The van der Waals surface area contributed by atoms with Gasteiger partial charge in [-0.15, -0.1) is 0 Å². The molecule has 0 bridgehead atoms. The Bertz CT molecular complexity index is 265. The van der Waals surface area contributed by atoms with Crippen molar-refractivity contribution in [3.8, 4) is 5.75 Å². The third-order valence-corrected chi connectivity index (χ3v) is 1.54. The molecule has 0 saturated carbocycles. The van der Waals surface area contributed by atoms with Crippen LogP contribution in [0.4, 0.5) is 4.39 Å². The zero-order valence-corrected chi connectivity index (χ0v) is 6.88. The van der Waals surface area contributed by atoms with Crippen molar-refractivity contribution in [1.82, 2.24) is 4.98 Å². The molecule has 0 aliphatic carbocycles. The van der Waals surface area contributed by atoms with Gasteiger partial charge in [0.25, 0.3) is 0 Å². The summed E-state index contributed by atoms with van der Waals surface area (Å²) in [6.07, 6.45) is 1.82. The molecule has 0 spiro atoms. The second kappa shape index (κ2) is 4.01. The van der Waals surface area contributed by atoms with Crippen LogP contribution in [0.2, 0.25) is 0 Å². The molecule has 0 amide bonds. The van der Waals surface area contributed by atoms with E-state index in [-0.39, 0.29) is 0 Å². The highest BCUT2D eigenvalue weighted by atomic mass is 19.1. The van der Waals surface area contributed by atoms with Crippen molar-refractivity contribution in [3.63, 3.8) is 0 Å². The Morgan fingerprint density at radius 3 is 3.00 bits per heavy atom. The van der Waals surface area contributed by atoms with E-state index in [1.165, 1.54) is 13.3 Å². The number of hydrogen-bond donors (Lipinski definition) is 1. The maximum atomic E-state index is 12.9. The number of nitrogens with zero attached hydrogens (tertiary/aromatic N) is 1. The molecular weight excluding hydrogens is 159 g/mol. The summed E-state index contributed by atoms with van der Waals surface area (Å²) in [5, 5.41) is 0. The Hall–Kier alpha value is -1.16. The molecule has 1 aromatic rings. The predicted molar refractivity (Wildman–Crippen MR) is 43.5 cm³/mol. The summed E-state index contributed by atoms with van der Waals surface area (Å²) in [4.78, 5) is 3.52. The molecule has 3 nitrogen and oxygen atoms in total. The topological polar surface area (TPSA) is 48.1 Å². The lowest BCUT2D eigenvalue weighted by atomic mass is 10.2. The number of rotatable bonds is 3. The summed E-state index contributed by atoms with van der Waals surface area (Å²) >= 11 is 0. The van der Waals surface area contributed by atoms with Gasteiger partial charge in [-0.1, -0.05) is 0 Å². The van der Waals surface area contributed by atoms with Crippen LogP contribution in [0.5, 0.6) is 5.75 Å². The van der Waals surface area contributed by atoms with Crippen LogP contribution in [0, 0.1) is 5.95 Å². The summed E-state index contributed by atoms with van der Waals surface area (Å²) in [6, 6.07) is 1.61. The van der Waals surface area contributed by atoms with Crippen LogP contribution in [0.15, 0.2) is 12.3 Å². The van der Waals surface area contributed by atoms with E-state index in [0.29, 0.717) is 24.3 Å². The van der Waals surface area contributed by atoms with Gasteiger partial charge in [-0.3, -0.25) is 0 Å². The number of methoxy groups -OCH3 is 1. The van der Waals surface area contributed by atoms with Gasteiger partial charge in [-0.05, 0) is 19.0 Å². The van der Waals surface area contributed by atoms with Crippen molar-refractivity contribution < 1.29 is 9.13 Å². The first kappa shape index (κ1) is 8.93. The van der Waals surface area contributed by atoms with Crippen molar-refractivity contribution in [2.45, 2.75) is 6.42 Å². The molecular formula is C8H11FN2O. The monoisotopic (exact) mass is 170 g/mol. The molecule has 1 aromatic heterocycles. The van der Waals surface area contributed by atoms with Gasteiger partial charge in [0.05, 0.1) is 13.3 Å². The zero-order valence-electron chi connectivity index (χ0n) is 6.88. The van der Waals surface area contributed by atoms with Gasteiger partial charge in [-0.25, -0.2) is 4.98 Å². The lowest BCUT2D eigenvalue weighted by molar-refractivity contribution is 0.408. The number of pyridine rings is 1. The van der Waals surface area contributed by atoms with E-state index in [9.17, 15) is 4.39 Å². The molecule has 1 heterocycles. The van der Waals surface area contributed by atoms with Crippen LogP contribution >= 0.6 is 0 Å². The van der Waals surface area contributed by atoms with Crippen LogP contribution in [0.25, 0.3) is 0 Å². The average Bonchev–Trinajstić information content (AvgIpc) is 2.09. The highest BCUT2D eigenvalue weighted by Crippen LogP contribution is 2.13. The molecule has 1 rings (SSSR count). The molecule has 12 heavy (non-hydrogen) atoms. The summed E-state index contributed by atoms with van der Waals surface area (Å²) in [5.74, 6) is 0.0844. The van der Waals surface area contributed by atoms with Gasteiger partial charge in [0.2, 0.25) is 5.95 Å². The minimum atomic E-state index is -0.471. The second-order valence-corrected chi connectivity index (χ2v) is 2.36. The minimum absolute atomic E-state index is 0.408. The molecule has 0 aliphatic rings. The van der Waals surface area contributed by atoms with Crippen molar-refractivity contribution in [3.05, 3.63) is 23.8 Å². The van der Waals surface area contributed by atoms with Crippen LogP contribution in [-0.4, -0.2) is 18.6 Å². The van der Waals surface area contributed by atoms with Crippen LogP contribution in [0.3, 0.4) is 0 Å². The quantitative estimate of drug-likeness (QED) is 0.680. The lowest BCUT2D eigenvalue weighted by Gasteiger charge is -2.03. The molecule has 0 aromatic carbocycles. The van der Waals surface area contributed by atoms with Gasteiger partial charge in [0.15, 0.2) is 0 Å². The van der Waals surface area contributed by atoms with Crippen molar-refractivity contribution in [2.24, 2.45) is 5.73 Å². The summed E-state index contributed by atoms with van der Waals surface area (Å²) < 4.78 is 17.8. The van der Waals surface area contributed by atoms with Crippen LogP contribution in [0.1, 0.15) is 5.56 Å². The Kier molecular flexibility index (Phi) is 2.99. The lowest BCUT2D eigenvalue weighted by Crippen LogP contribution is -2.05. The fourth-order valence-electron chi connectivity index (χ4n) is 0.914. The van der Waals surface area contributed by atoms with Gasteiger partial charge < -0.3 is 10.5 Å². The molecule has 0 saturated heterocycles. The standard InChI is InChI=1S/C8H11FN2O/c1-12-7-4-6(2-3-10)8(9)11-5-7/h4-5H,2-3,10H2,1H3. The third-order valence-electron chi connectivity index (χ3n) is 1.54. The Balaban J connectivity index is 2.91. The normalized spacial score (nSPS) is 9.92. The van der Waals surface area contributed by atoms with E-state index in [1.807, 2.05) is 0 Å². The van der Waals surface area contributed by atoms with Gasteiger partial charge in [-0.2, -0.15) is 4.39 Å². The molecule has 0 unspecified atom stereocenters. The molecule has 0 radical (unpaired) electrons. The fourth-order valence-corrected chi connectivity index (χ4v) is 0.914. The smallest absolute Gasteiger partial charge is 0.216 e. The van der Waals surface area contributed by atoms with Crippen LogP contribution < -0.4 is 10.5 Å². The minimum Gasteiger partial charge on any atom is -0.495 e. The first-order valence-electron chi connectivity index (χ1n) is 3.66. The summed E-state index contributed by atoms with van der Waals surface area (Å²) in [5.41, 5.74) is 5.78. The van der Waals surface area contributed by atoms with E-state index in [2.05, 4.69) is 4.98 Å². The highest BCUT2D eigenvalue weighted by Gasteiger charge is 2.03. The number of halogens is 1. The Labute approximate surface area is 70.4 Å². The van der Waals surface area contributed by atoms with Gasteiger partial charge >= 0.3 is 0 Å². The summed E-state index contributed by atoms with van der Waals surface area (Å²) in [6.45, 7) is 0.408. The first-order chi connectivity index (χ1) is 5.77. The van der Waals surface area contributed by atoms with Gasteiger partial charge in [0.1, 0.15) is 5.75 Å². The van der Waals surface area contributed by atoms with Crippen LogP contribution in [-0.2, 0) is 6.42 Å². The average molecular weight is 170 g/mol. The fraction of sp³-hybridized carbons (Fsp3) is 0.375. The molecule has 0 fully saturated rings. The maximum absolute atomic E-state index is 12.9. The van der Waals surface area contributed by atoms with Crippen molar-refractivity contribution in [1.29, 1.82) is 0 Å². The maximum Gasteiger partial charge on any atom is 0.216 e.